The standard InChI is InChI=1S/C22H20FN5O/c1-28(2)19-10-3-15(4-11-19)13-24-20-12-7-17(14-25-20)22-26-21(27-29-22)16-5-8-18(23)9-6-16/h3-12,14H,13H2,1-2H3,(H,24,25). The Labute approximate surface area is 168 Å². The molecule has 146 valence electrons. The molecule has 0 spiro atoms. The van der Waals surface area contributed by atoms with Crippen LogP contribution in [-0.4, -0.2) is 29.2 Å². The summed E-state index contributed by atoms with van der Waals surface area (Å²) in [5, 5.41) is 7.25. The van der Waals surface area contributed by atoms with Crippen LogP contribution in [-0.2, 0) is 6.54 Å². The summed E-state index contributed by atoms with van der Waals surface area (Å²) in [4.78, 5) is 10.8. The van der Waals surface area contributed by atoms with Crippen LogP contribution < -0.4 is 10.2 Å². The molecule has 6 nitrogen and oxygen atoms in total. The monoisotopic (exact) mass is 389 g/mol. The summed E-state index contributed by atoms with van der Waals surface area (Å²) in [6.45, 7) is 0.676. The van der Waals surface area contributed by atoms with Gasteiger partial charge < -0.3 is 14.7 Å². The van der Waals surface area contributed by atoms with Crippen LogP contribution in [0, 0.1) is 5.82 Å². The molecule has 0 saturated heterocycles. The van der Waals surface area contributed by atoms with Crippen LogP contribution in [0.15, 0.2) is 71.4 Å². The quantitative estimate of drug-likeness (QED) is 0.519. The van der Waals surface area contributed by atoms with E-state index in [4.69, 9.17) is 4.52 Å². The fourth-order valence-corrected chi connectivity index (χ4v) is 2.79. The number of rotatable bonds is 6. The van der Waals surface area contributed by atoms with Gasteiger partial charge >= 0.3 is 0 Å². The smallest absolute Gasteiger partial charge is 0.259 e. The highest BCUT2D eigenvalue weighted by Gasteiger charge is 2.11. The van der Waals surface area contributed by atoms with Crippen molar-refractivity contribution in [2.75, 3.05) is 24.3 Å². The van der Waals surface area contributed by atoms with Crippen LogP contribution in [0.4, 0.5) is 15.9 Å². The van der Waals surface area contributed by atoms with Gasteiger partial charge in [0, 0.05) is 38.1 Å². The Kier molecular flexibility index (Phi) is 5.20. The summed E-state index contributed by atoms with van der Waals surface area (Å²) in [6, 6.07) is 18.0. The largest absolute Gasteiger partial charge is 0.378 e. The zero-order chi connectivity index (χ0) is 20.2. The second-order valence-electron chi connectivity index (χ2n) is 6.78. The van der Waals surface area contributed by atoms with E-state index in [-0.39, 0.29) is 5.82 Å². The highest BCUT2D eigenvalue weighted by atomic mass is 19.1. The van der Waals surface area contributed by atoms with Crippen LogP contribution in [0.25, 0.3) is 22.8 Å². The SMILES string of the molecule is CN(C)c1ccc(CNc2ccc(-c3nc(-c4ccc(F)cc4)no3)cn2)cc1. The van der Waals surface area contributed by atoms with E-state index in [0.717, 1.165) is 11.5 Å². The van der Waals surface area contributed by atoms with Crippen LogP contribution in [0.5, 0.6) is 0 Å². The third-order valence-electron chi connectivity index (χ3n) is 4.47. The molecule has 0 radical (unpaired) electrons. The Morgan fingerprint density at radius 1 is 0.931 bits per heavy atom. The molecular weight excluding hydrogens is 369 g/mol. The van der Waals surface area contributed by atoms with Gasteiger partial charge in [0.2, 0.25) is 5.82 Å². The first-order valence-corrected chi connectivity index (χ1v) is 9.15. The van der Waals surface area contributed by atoms with Crippen LogP contribution in [0.3, 0.4) is 0 Å². The number of hydrogen-bond donors (Lipinski definition) is 1. The van der Waals surface area contributed by atoms with E-state index in [0.29, 0.717) is 29.4 Å². The van der Waals surface area contributed by atoms with Gasteiger partial charge in [0.05, 0.1) is 5.56 Å². The summed E-state index contributed by atoms with van der Waals surface area (Å²) >= 11 is 0. The van der Waals surface area contributed by atoms with Gasteiger partial charge in [-0.05, 0) is 54.1 Å². The lowest BCUT2D eigenvalue weighted by Gasteiger charge is -2.13. The zero-order valence-electron chi connectivity index (χ0n) is 16.1. The van der Waals surface area contributed by atoms with Gasteiger partial charge in [0.1, 0.15) is 11.6 Å². The lowest BCUT2D eigenvalue weighted by Crippen LogP contribution is -2.08. The molecule has 29 heavy (non-hydrogen) atoms. The van der Waals surface area contributed by atoms with Crippen molar-refractivity contribution in [3.05, 3.63) is 78.2 Å². The summed E-state index contributed by atoms with van der Waals surface area (Å²) in [7, 11) is 4.04. The highest BCUT2D eigenvalue weighted by molar-refractivity contribution is 5.60. The van der Waals surface area contributed by atoms with Crippen LogP contribution >= 0.6 is 0 Å². The van der Waals surface area contributed by atoms with E-state index >= 15 is 0 Å². The Balaban J connectivity index is 1.41. The first kappa shape index (κ1) is 18.6. The number of benzene rings is 2. The molecule has 2 aromatic heterocycles. The Morgan fingerprint density at radius 2 is 1.66 bits per heavy atom. The molecule has 2 aromatic carbocycles. The minimum absolute atomic E-state index is 0.307. The average Bonchev–Trinajstić information content (AvgIpc) is 3.24. The van der Waals surface area contributed by atoms with Crippen molar-refractivity contribution < 1.29 is 8.91 Å². The van der Waals surface area contributed by atoms with Crippen LogP contribution in [0.2, 0.25) is 0 Å². The fourth-order valence-electron chi connectivity index (χ4n) is 2.79. The number of nitrogens with zero attached hydrogens (tertiary/aromatic N) is 4. The van der Waals surface area contributed by atoms with Crippen LogP contribution in [0.1, 0.15) is 5.56 Å². The minimum atomic E-state index is -0.307. The molecule has 0 bridgehead atoms. The Morgan fingerprint density at radius 3 is 2.31 bits per heavy atom. The number of anilines is 2. The number of hydrogen-bond acceptors (Lipinski definition) is 6. The first-order chi connectivity index (χ1) is 14.1. The molecule has 0 unspecified atom stereocenters. The van der Waals surface area contributed by atoms with Gasteiger partial charge in [0.15, 0.2) is 0 Å². The third kappa shape index (κ3) is 4.40. The van der Waals surface area contributed by atoms with Gasteiger partial charge in [-0.2, -0.15) is 4.98 Å². The zero-order valence-corrected chi connectivity index (χ0v) is 16.1. The van der Waals surface area contributed by atoms with Crippen molar-refractivity contribution in [3.8, 4) is 22.8 Å². The molecule has 0 amide bonds. The lowest BCUT2D eigenvalue weighted by atomic mass is 10.2. The molecule has 7 heteroatoms. The maximum absolute atomic E-state index is 13.1. The topological polar surface area (TPSA) is 67.1 Å². The second kappa shape index (κ2) is 8.10. The summed E-state index contributed by atoms with van der Waals surface area (Å²) in [6.07, 6.45) is 1.68. The molecule has 2 heterocycles. The van der Waals surface area contributed by atoms with Gasteiger partial charge in [-0.15, -0.1) is 0 Å². The van der Waals surface area contributed by atoms with E-state index in [2.05, 4.69) is 49.6 Å². The predicted octanol–water partition coefficient (Wildman–Crippen LogP) is 4.62. The summed E-state index contributed by atoms with van der Waals surface area (Å²) in [5.41, 5.74) is 3.73. The summed E-state index contributed by atoms with van der Waals surface area (Å²) in [5.74, 6) is 1.22. The molecule has 0 aliphatic carbocycles. The molecular formula is C22H20FN5O. The minimum Gasteiger partial charge on any atom is -0.378 e. The van der Waals surface area contributed by atoms with Crippen molar-refractivity contribution in [3.63, 3.8) is 0 Å². The average molecular weight is 389 g/mol. The predicted molar refractivity (Wildman–Crippen MR) is 111 cm³/mol. The molecule has 1 N–H and O–H groups in total. The van der Waals surface area contributed by atoms with E-state index in [9.17, 15) is 4.39 Å². The first-order valence-electron chi connectivity index (χ1n) is 9.15. The third-order valence-corrected chi connectivity index (χ3v) is 4.47. The molecule has 4 aromatic rings. The molecule has 0 saturated carbocycles. The highest BCUT2D eigenvalue weighted by Crippen LogP contribution is 2.23. The lowest BCUT2D eigenvalue weighted by molar-refractivity contribution is 0.432. The maximum atomic E-state index is 13.1. The van der Waals surface area contributed by atoms with Gasteiger partial charge in [-0.25, -0.2) is 9.37 Å². The number of nitrogens with one attached hydrogen (secondary N) is 1. The van der Waals surface area contributed by atoms with Crippen molar-refractivity contribution in [2.24, 2.45) is 0 Å². The van der Waals surface area contributed by atoms with Crippen molar-refractivity contribution in [2.45, 2.75) is 6.54 Å². The van der Waals surface area contributed by atoms with E-state index in [1.165, 1.54) is 17.7 Å². The van der Waals surface area contributed by atoms with Crippen molar-refractivity contribution in [1.29, 1.82) is 0 Å². The van der Waals surface area contributed by atoms with E-state index in [1.54, 1.807) is 18.3 Å². The second-order valence-corrected chi connectivity index (χ2v) is 6.78. The number of aromatic nitrogens is 3. The van der Waals surface area contributed by atoms with Gasteiger partial charge in [-0.3, -0.25) is 0 Å². The Hall–Kier alpha value is -3.74. The van der Waals surface area contributed by atoms with Crippen molar-refractivity contribution >= 4 is 11.5 Å². The Bertz CT molecular complexity index is 1070. The molecule has 0 atom stereocenters. The molecule has 0 fully saturated rings. The molecule has 0 aliphatic heterocycles. The molecule has 0 aliphatic rings. The molecule has 4 rings (SSSR count). The van der Waals surface area contributed by atoms with Crippen molar-refractivity contribution in [1.82, 2.24) is 15.1 Å². The van der Waals surface area contributed by atoms with Gasteiger partial charge in [0.25, 0.3) is 5.89 Å². The fraction of sp³-hybridized carbons (Fsp3) is 0.136. The maximum Gasteiger partial charge on any atom is 0.259 e. The normalized spacial score (nSPS) is 10.7. The van der Waals surface area contributed by atoms with E-state index < -0.39 is 0 Å². The summed E-state index contributed by atoms with van der Waals surface area (Å²) < 4.78 is 18.4. The van der Waals surface area contributed by atoms with E-state index in [1.807, 2.05) is 26.2 Å². The number of halogens is 1. The number of pyridine rings is 1. The van der Waals surface area contributed by atoms with Gasteiger partial charge in [-0.1, -0.05) is 17.3 Å².